The van der Waals surface area contributed by atoms with E-state index in [1.165, 1.54) is 4.70 Å². The fourth-order valence-electron chi connectivity index (χ4n) is 2.32. The summed E-state index contributed by atoms with van der Waals surface area (Å²) in [4.78, 5) is 12.4. The molecule has 1 saturated carbocycles. The number of fused-ring (bicyclic) bond motifs is 1. The van der Waals surface area contributed by atoms with Crippen molar-refractivity contribution in [1.82, 2.24) is 0 Å². The Kier molecular flexibility index (Phi) is 2.46. The second-order valence-electron chi connectivity index (χ2n) is 5.38. The van der Waals surface area contributed by atoms with Crippen molar-refractivity contribution in [3.8, 4) is 0 Å². The van der Waals surface area contributed by atoms with Crippen LogP contribution in [0.25, 0.3) is 10.1 Å². The molecule has 1 heterocycles. The van der Waals surface area contributed by atoms with Crippen LogP contribution < -0.4 is 0 Å². The van der Waals surface area contributed by atoms with E-state index in [1.54, 1.807) is 11.3 Å². The average Bonchev–Trinajstić information content (AvgIpc) is 2.74. The third kappa shape index (κ3) is 1.76. The zero-order chi connectivity index (χ0) is 12.2. The van der Waals surface area contributed by atoms with Crippen LogP contribution in [-0.2, 0) is 0 Å². The van der Waals surface area contributed by atoms with Crippen LogP contribution in [0.1, 0.15) is 30.6 Å². The summed E-state index contributed by atoms with van der Waals surface area (Å²) in [7, 11) is 0. The lowest BCUT2D eigenvalue weighted by Gasteiger charge is -2.02. The average molecular weight is 309 g/mol. The molecule has 1 aromatic carbocycles. The van der Waals surface area contributed by atoms with Gasteiger partial charge in [-0.3, -0.25) is 4.79 Å². The van der Waals surface area contributed by atoms with E-state index in [9.17, 15) is 4.79 Å². The molecule has 0 aliphatic heterocycles. The summed E-state index contributed by atoms with van der Waals surface area (Å²) >= 11 is 5.18. The summed E-state index contributed by atoms with van der Waals surface area (Å²) in [5.74, 6) is 0.540. The van der Waals surface area contributed by atoms with Crippen LogP contribution in [0.5, 0.6) is 0 Å². The zero-order valence-corrected chi connectivity index (χ0v) is 12.2. The van der Waals surface area contributed by atoms with E-state index in [-0.39, 0.29) is 11.3 Å². The van der Waals surface area contributed by atoms with Crippen molar-refractivity contribution in [1.29, 1.82) is 0 Å². The van der Waals surface area contributed by atoms with Crippen LogP contribution in [0, 0.1) is 11.3 Å². The minimum atomic E-state index is 0.206. The van der Waals surface area contributed by atoms with Gasteiger partial charge in [-0.25, -0.2) is 0 Å². The fourth-order valence-corrected chi connectivity index (χ4v) is 3.93. The number of benzene rings is 1. The first kappa shape index (κ1) is 11.4. The minimum Gasteiger partial charge on any atom is -0.294 e. The monoisotopic (exact) mass is 308 g/mol. The highest BCUT2D eigenvalue weighted by molar-refractivity contribution is 9.10. The lowest BCUT2D eigenvalue weighted by atomic mass is 10.0. The van der Waals surface area contributed by atoms with Gasteiger partial charge in [0.05, 0.1) is 0 Å². The van der Waals surface area contributed by atoms with Gasteiger partial charge in [-0.1, -0.05) is 26.0 Å². The van der Waals surface area contributed by atoms with E-state index in [4.69, 9.17) is 0 Å². The SMILES string of the molecule is CC1(C)CC1C(=O)c1csc2c(Br)cccc12. The Bertz CT molecular complexity index is 612. The molecule has 1 atom stereocenters. The van der Waals surface area contributed by atoms with Gasteiger partial charge in [-0.15, -0.1) is 11.3 Å². The van der Waals surface area contributed by atoms with E-state index < -0.39 is 0 Å². The largest absolute Gasteiger partial charge is 0.294 e. The molecule has 3 heteroatoms. The maximum absolute atomic E-state index is 12.4. The third-order valence-electron chi connectivity index (χ3n) is 3.65. The van der Waals surface area contributed by atoms with Gasteiger partial charge in [-0.05, 0) is 33.8 Å². The summed E-state index contributed by atoms with van der Waals surface area (Å²) in [6.07, 6.45) is 1.02. The minimum absolute atomic E-state index is 0.206. The smallest absolute Gasteiger partial charge is 0.167 e. The summed E-state index contributed by atoms with van der Waals surface area (Å²) in [6.45, 7) is 4.33. The predicted octanol–water partition coefficient (Wildman–Crippen LogP) is 4.89. The van der Waals surface area contributed by atoms with Crippen molar-refractivity contribution in [2.45, 2.75) is 20.3 Å². The number of rotatable bonds is 2. The topological polar surface area (TPSA) is 17.1 Å². The van der Waals surface area contributed by atoms with Crippen LogP contribution >= 0.6 is 27.3 Å². The Hall–Kier alpha value is -0.670. The number of thiophene rings is 1. The van der Waals surface area contributed by atoms with Crippen molar-refractivity contribution >= 4 is 43.1 Å². The molecule has 1 fully saturated rings. The molecule has 3 rings (SSSR count). The van der Waals surface area contributed by atoms with Gasteiger partial charge >= 0.3 is 0 Å². The Morgan fingerprint density at radius 2 is 2.18 bits per heavy atom. The fraction of sp³-hybridized carbons (Fsp3) is 0.357. The third-order valence-corrected chi connectivity index (χ3v) is 5.60. The number of carbonyl (C=O) groups excluding carboxylic acids is 1. The highest BCUT2D eigenvalue weighted by Gasteiger charge is 2.50. The maximum Gasteiger partial charge on any atom is 0.167 e. The molecule has 88 valence electrons. The highest BCUT2D eigenvalue weighted by atomic mass is 79.9. The zero-order valence-electron chi connectivity index (χ0n) is 9.79. The molecule has 1 aliphatic rings. The Morgan fingerprint density at radius 3 is 2.82 bits per heavy atom. The summed E-state index contributed by atoms with van der Waals surface area (Å²) in [5, 5.41) is 3.10. The van der Waals surface area contributed by atoms with Crippen LogP contribution in [0.2, 0.25) is 0 Å². The molecule has 0 saturated heterocycles. The predicted molar refractivity (Wildman–Crippen MR) is 75.7 cm³/mol. The molecule has 1 aliphatic carbocycles. The Morgan fingerprint density at radius 1 is 1.47 bits per heavy atom. The van der Waals surface area contributed by atoms with Gasteiger partial charge in [0.15, 0.2) is 5.78 Å². The maximum atomic E-state index is 12.4. The molecular weight excluding hydrogens is 296 g/mol. The van der Waals surface area contributed by atoms with Gasteiger partial charge < -0.3 is 0 Å². The first-order valence-corrected chi connectivity index (χ1v) is 7.38. The van der Waals surface area contributed by atoms with Crippen molar-refractivity contribution in [3.63, 3.8) is 0 Å². The Labute approximate surface area is 113 Å². The molecule has 1 aromatic heterocycles. The second kappa shape index (κ2) is 3.66. The molecule has 0 bridgehead atoms. The van der Waals surface area contributed by atoms with E-state index in [1.807, 2.05) is 23.6 Å². The molecule has 0 N–H and O–H groups in total. The van der Waals surface area contributed by atoms with Gasteiger partial charge in [0.1, 0.15) is 0 Å². The molecule has 17 heavy (non-hydrogen) atoms. The highest BCUT2D eigenvalue weighted by Crippen LogP contribution is 2.53. The van der Waals surface area contributed by atoms with E-state index in [0.29, 0.717) is 5.78 Å². The molecule has 2 aromatic rings. The Balaban J connectivity index is 2.07. The number of ketones is 1. The quantitative estimate of drug-likeness (QED) is 0.722. The molecule has 1 nitrogen and oxygen atoms in total. The van der Waals surface area contributed by atoms with Gasteiger partial charge in [0, 0.05) is 31.4 Å². The molecule has 0 spiro atoms. The van der Waals surface area contributed by atoms with Crippen LogP contribution in [0.15, 0.2) is 28.1 Å². The number of Topliss-reactive ketones (excluding diaryl/α,β-unsaturated/α-hetero) is 1. The number of hydrogen-bond donors (Lipinski definition) is 0. The van der Waals surface area contributed by atoms with Gasteiger partial charge in [0.25, 0.3) is 0 Å². The van der Waals surface area contributed by atoms with E-state index >= 15 is 0 Å². The number of halogens is 1. The molecule has 1 unspecified atom stereocenters. The van der Waals surface area contributed by atoms with Gasteiger partial charge in [-0.2, -0.15) is 0 Å². The van der Waals surface area contributed by atoms with E-state index in [2.05, 4.69) is 29.8 Å². The first-order chi connectivity index (χ1) is 8.00. The summed E-state index contributed by atoms with van der Waals surface area (Å²) < 4.78 is 2.25. The molecule has 0 amide bonds. The lowest BCUT2D eigenvalue weighted by Crippen LogP contribution is -2.05. The molecular formula is C14H13BrOS. The van der Waals surface area contributed by atoms with Gasteiger partial charge in [0.2, 0.25) is 0 Å². The second-order valence-corrected chi connectivity index (χ2v) is 7.11. The van der Waals surface area contributed by atoms with Crippen molar-refractivity contribution in [2.75, 3.05) is 0 Å². The molecule has 0 radical (unpaired) electrons. The standard InChI is InChI=1S/C14H13BrOS/c1-14(2)6-10(14)12(16)9-7-17-13-8(9)4-3-5-11(13)15/h3-5,7,10H,6H2,1-2H3. The summed E-state index contributed by atoms with van der Waals surface area (Å²) in [6, 6.07) is 6.06. The first-order valence-electron chi connectivity index (χ1n) is 5.70. The van der Waals surface area contributed by atoms with Crippen LogP contribution in [0.3, 0.4) is 0 Å². The number of carbonyl (C=O) groups is 1. The van der Waals surface area contributed by atoms with Crippen LogP contribution in [0.4, 0.5) is 0 Å². The lowest BCUT2D eigenvalue weighted by molar-refractivity contribution is 0.0955. The summed E-state index contributed by atoms with van der Waals surface area (Å²) in [5.41, 5.74) is 1.11. The van der Waals surface area contributed by atoms with Crippen molar-refractivity contribution in [3.05, 3.63) is 33.6 Å². The van der Waals surface area contributed by atoms with Crippen molar-refractivity contribution < 1.29 is 4.79 Å². The number of hydrogen-bond acceptors (Lipinski definition) is 2. The van der Waals surface area contributed by atoms with Crippen LogP contribution in [-0.4, -0.2) is 5.78 Å². The normalized spacial score (nSPS) is 21.7. The van der Waals surface area contributed by atoms with E-state index in [0.717, 1.165) is 21.8 Å². The van der Waals surface area contributed by atoms with Crippen molar-refractivity contribution in [2.24, 2.45) is 11.3 Å².